The number of halogens is 2. The van der Waals surface area contributed by atoms with Crippen molar-refractivity contribution >= 4 is 57.3 Å². The number of aryl methyl sites for hydroxylation is 1. The van der Waals surface area contributed by atoms with Gasteiger partial charge in [0, 0.05) is 54.9 Å². The standard InChI is InChI=1S/C7H7I2OPS/c1-6-2-4-7(5-3-6)12(10)11(8)9/h2-5H,1H3. The largest absolute Gasteiger partial charge is 0.609 e. The molecular formula is C7H7I2OPS. The molecule has 0 aromatic heterocycles. The fourth-order valence-corrected chi connectivity index (χ4v) is 6.20. The molecule has 5 heteroatoms. The molecule has 12 heavy (non-hydrogen) atoms. The normalized spacial score (nSPS) is 13.4. The number of rotatable bonds is 2. The van der Waals surface area contributed by atoms with Crippen LogP contribution in [-0.4, -0.2) is 4.55 Å². The molecule has 0 saturated heterocycles. The van der Waals surface area contributed by atoms with E-state index in [2.05, 4.69) is 44.1 Å². The molecular weight excluding hydrogens is 417 g/mol. The van der Waals surface area contributed by atoms with E-state index in [0.29, 0.717) is 0 Å². The summed E-state index contributed by atoms with van der Waals surface area (Å²) in [7, 11) is -0.805. The highest BCUT2D eigenvalue weighted by Gasteiger charge is 2.18. The lowest BCUT2D eigenvalue weighted by molar-refractivity contribution is 0.609. The van der Waals surface area contributed by atoms with Gasteiger partial charge in [-0.1, -0.05) is 17.7 Å². The fourth-order valence-electron chi connectivity index (χ4n) is 0.734. The molecule has 1 aromatic carbocycles. The molecule has 1 atom stereocenters. The summed E-state index contributed by atoms with van der Waals surface area (Å²) in [6.07, 6.45) is 0. The van der Waals surface area contributed by atoms with Crippen LogP contribution < -0.4 is 0 Å². The molecule has 1 unspecified atom stereocenters. The maximum absolute atomic E-state index is 11.6. The van der Waals surface area contributed by atoms with Gasteiger partial charge in [-0.3, -0.25) is 0 Å². The van der Waals surface area contributed by atoms with Crippen LogP contribution in [0.4, 0.5) is 0 Å². The summed E-state index contributed by atoms with van der Waals surface area (Å²) in [4.78, 5) is 0.940. The maximum atomic E-state index is 11.6. The van der Waals surface area contributed by atoms with E-state index in [0.717, 1.165) is 4.90 Å². The van der Waals surface area contributed by atoms with Crippen LogP contribution in [0.15, 0.2) is 29.2 Å². The lowest BCUT2D eigenvalue weighted by Crippen LogP contribution is -1.92. The zero-order valence-electron chi connectivity index (χ0n) is 6.33. The van der Waals surface area contributed by atoms with Crippen LogP contribution in [0, 0.1) is 6.92 Å². The first-order valence-electron chi connectivity index (χ1n) is 3.21. The smallest absolute Gasteiger partial charge is 0.252 e. The summed E-state index contributed by atoms with van der Waals surface area (Å²) in [5.41, 5.74) is 1.21. The van der Waals surface area contributed by atoms with Crippen molar-refractivity contribution in [3.63, 3.8) is 0 Å². The highest BCUT2D eigenvalue weighted by molar-refractivity contribution is 14.3. The molecule has 0 heterocycles. The second kappa shape index (κ2) is 5.34. The van der Waals surface area contributed by atoms with Crippen LogP contribution in [0.3, 0.4) is 0 Å². The van der Waals surface area contributed by atoms with Crippen molar-refractivity contribution < 1.29 is 4.55 Å². The summed E-state index contributed by atoms with van der Waals surface area (Å²) in [6, 6.07) is 7.88. The minimum Gasteiger partial charge on any atom is -0.609 e. The summed E-state index contributed by atoms with van der Waals surface area (Å²) in [5.74, 6) is 0. The van der Waals surface area contributed by atoms with Gasteiger partial charge in [0.2, 0.25) is 0 Å². The third-order valence-corrected chi connectivity index (χ3v) is 10.1. The molecule has 0 fully saturated rings. The van der Waals surface area contributed by atoms with E-state index < -0.39 is 13.2 Å². The van der Waals surface area contributed by atoms with Gasteiger partial charge in [0.25, 0.3) is 2.41 Å². The van der Waals surface area contributed by atoms with Crippen molar-refractivity contribution in [3.8, 4) is 0 Å². The number of benzene rings is 1. The van der Waals surface area contributed by atoms with Crippen molar-refractivity contribution in [2.45, 2.75) is 11.8 Å². The first kappa shape index (κ1) is 11.5. The number of hydrogen-bond acceptors (Lipinski definition) is 1. The van der Waals surface area contributed by atoms with Gasteiger partial charge < -0.3 is 4.55 Å². The average Bonchev–Trinajstić information content (AvgIpc) is 2.04. The van der Waals surface area contributed by atoms with Gasteiger partial charge >= 0.3 is 0 Å². The summed E-state index contributed by atoms with van der Waals surface area (Å²) in [6.45, 7) is 2.03. The van der Waals surface area contributed by atoms with Crippen molar-refractivity contribution in [2.75, 3.05) is 0 Å². The van der Waals surface area contributed by atoms with Crippen LogP contribution in [-0.2, 0) is 10.8 Å². The topological polar surface area (TPSA) is 23.1 Å². The Morgan fingerprint density at radius 2 is 1.75 bits per heavy atom. The Bertz CT molecular complexity index is 252. The summed E-state index contributed by atoms with van der Waals surface area (Å²) >= 11 is 4.46. The van der Waals surface area contributed by atoms with E-state index in [1.54, 1.807) is 0 Å². The van der Waals surface area contributed by atoms with Crippen LogP contribution in [0.5, 0.6) is 0 Å². The highest BCUT2D eigenvalue weighted by Crippen LogP contribution is 2.61. The summed E-state index contributed by atoms with van der Waals surface area (Å²) in [5, 5.41) is 0. The van der Waals surface area contributed by atoms with Gasteiger partial charge in [0.15, 0.2) is 4.90 Å². The molecule has 0 bridgehead atoms. The lowest BCUT2D eigenvalue weighted by Gasteiger charge is -2.09. The maximum Gasteiger partial charge on any atom is 0.252 e. The van der Waals surface area contributed by atoms with Crippen LogP contribution >= 0.6 is 46.5 Å². The molecule has 1 aromatic rings. The molecule has 1 rings (SSSR count). The molecule has 0 aliphatic heterocycles. The second-order valence-corrected chi connectivity index (χ2v) is 21.0. The van der Waals surface area contributed by atoms with Crippen molar-refractivity contribution in [1.82, 2.24) is 0 Å². The van der Waals surface area contributed by atoms with E-state index in [9.17, 15) is 4.55 Å². The van der Waals surface area contributed by atoms with Gasteiger partial charge in [-0.05, 0) is 19.1 Å². The van der Waals surface area contributed by atoms with E-state index >= 15 is 0 Å². The SMILES string of the molecule is Cc1ccc([S+]([O-])P(I)I)cc1. The molecule has 0 saturated carbocycles. The first-order valence-corrected chi connectivity index (χ1v) is 11.9. The molecule has 0 amide bonds. The molecule has 0 spiro atoms. The second-order valence-electron chi connectivity index (χ2n) is 2.26. The monoisotopic (exact) mass is 424 g/mol. The molecule has 66 valence electrons. The molecule has 0 aliphatic carbocycles. The highest BCUT2D eigenvalue weighted by atomic mass is 127. The molecule has 1 nitrogen and oxygen atoms in total. The minimum atomic E-state index is -0.805. The Morgan fingerprint density at radius 3 is 2.17 bits per heavy atom. The van der Waals surface area contributed by atoms with Gasteiger partial charge in [-0.25, -0.2) is 0 Å². The van der Waals surface area contributed by atoms with Gasteiger partial charge in [-0.2, -0.15) is 0 Å². The minimum absolute atomic E-state index is 0.435. The van der Waals surface area contributed by atoms with Gasteiger partial charge in [0.05, 0.1) is 0 Å². The average molecular weight is 424 g/mol. The number of hydrogen-bond donors (Lipinski definition) is 0. The summed E-state index contributed by atoms with van der Waals surface area (Å²) < 4.78 is 11.1. The zero-order chi connectivity index (χ0) is 9.14. The Hall–Kier alpha value is 1.42. The predicted molar refractivity (Wildman–Crippen MR) is 72.5 cm³/mol. The van der Waals surface area contributed by atoms with Crippen molar-refractivity contribution in [3.05, 3.63) is 29.8 Å². The van der Waals surface area contributed by atoms with Crippen LogP contribution in [0.25, 0.3) is 0 Å². The zero-order valence-corrected chi connectivity index (χ0v) is 12.4. The predicted octanol–water partition coefficient (Wildman–Crippen LogP) is 4.20. The Morgan fingerprint density at radius 1 is 1.25 bits per heavy atom. The molecule has 0 N–H and O–H groups in total. The Labute approximate surface area is 102 Å². The lowest BCUT2D eigenvalue weighted by atomic mass is 10.2. The van der Waals surface area contributed by atoms with Crippen LogP contribution in [0.2, 0.25) is 0 Å². The van der Waals surface area contributed by atoms with Crippen LogP contribution in [0.1, 0.15) is 5.56 Å². The molecule has 0 radical (unpaired) electrons. The molecule has 0 aliphatic rings. The Kier molecular flexibility index (Phi) is 5.11. The van der Waals surface area contributed by atoms with E-state index in [1.807, 2.05) is 31.2 Å². The Balaban J connectivity index is 2.82. The van der Waals surface area contributed by atoms with E-state index in [-0.39, 0.29) is 0 Å². The van der Waals surface area contributed by atoms with Crippen molar-refractivity contribution in [2.24, 2.45) is 0 Å². The van der Waals surface area contributed by atoms with E-state index in [1.165, 1.54) is 5.56 Å². The van der Waals surface area contributed by atoms with E-state index in [4.69, 9.17) is 0 Å². The van der Waals surface area contributed by atoms with Crippen molar-refractivity contribution in [1.29, 1.82) is 0 Å². The van der Waals surface area contributed by atoms with Gasteiger partial charge in [-0.15, -0.1) is 0 Å². The quantitative estimate of drug-likeness (QED) is 0.397. The first-order chi connectivity index (χ1) is 5.61. The third-order valence-electron chi connectivity index (χ3n) is 1.35. The van der Waals surface area contributed by atoms with Gasteiger partial charge in [0.1, 0.15) is 0 Å². The third kappa shape index (κ3) is 3.29. The fraction of sp³-hybridized carbons (Fsp3) is 0.143.